The lowest BCUT2D eigenvalue weighted by Gasteiger charge is -2.05. The van der Waals surface area contributed by atoms with Crippen molar-refractivity contribution in [3.05, 3.63) is 30.5 Å². The summed E-state index contributed by atoms with van der Waals surface area (Å²) in [6.07, 6.45) is 2.03. The van der Waals surface area contributed by atoms with Gasteiger partial charge in [-0.25, -0.2) is 0 Å². The van der Waals surface area contributed by atoms with Crippen LogP contribution in [0.25, 0.3) is 10.9 Å². The molecule has 0 aliphatic rings. The van der Waals surface area contributed by atoms with Gasteiger partial charge in [0, 0.05) is 25.2 Å². The number of fused-ring (bicyclic) bond motifs is 1. The number of nitrogens with zero attached hydrogens (tertiary/aromatic N) is 1. The molecule has 14 heavy (non-hydrogen) atoms. The average Bonchev–Trinajstić information content (AvgIpc) is 2.58. The minimum absolute atomic E-state index is 0.545. The number of aryl methyl sites for hydroxylation is 1. The molecule has 0 spiro atoms. The zero-order valence-corrected chi connectivity index (χ0v) is 8.23. The molecule has 0 atom stereocenters. The molecular weight excluding hydrogens is 176 g/mol. The molecule has 0 amide bonds. The Bertz CT molecular complexity index is 434. The summed E-state index contributed by atoms with van der Waals surface area (Å²) >= 11 is 0. The van der Waals surface area contributed by atoms with E-state index in [0.29, 0.717) is 13.2 Å². The van der Waals surface area contributed by atoms with Gasteiger partial charge in [-0.2, -0.15) is 0 Å². The first kappa shape index (κ1) is 9.09. The summed E-state index contributed by atoms with van der Waals surface area (Å²) in [5.41, 5.74) is 6.58. The molecule has 2 rings (SSSR count). The van der Waals surface area contributed by atoms with Gasteiger partial charge in [-0.1, -0.05) is 6.07 Å². The topological polar surface area (TPSA) is 40.2 Å². The van der Waals surface area contributed by atoms with Gasteiger partial charge < -0.3 is 15.0 Å². The van der Waals surface area contributed by atoms with E-state index in [9.17, 15) is 0 Å². The van der Waals surface area contributed by atoms with Gasteiger partial charge in [-0.05, 0) is 18.2 Å². The third kappa shape index (κ3) is 1.46. The van der Waals surface area contributed by atoms with Crippen LogP contribution in [-0.2, 0) is 7.05 Å². The van der Waals surface area contributed by atoms with Crippen LogP contribution in [0.2, 0.25) is 0 Å². The quantitative estimate of drug-likeness (QED) is 0.797. The normalized spacial score (nSPS) is 10.7. The summed E-state index contributed by atoms with van der Waals surface area (Å²) in [5, 5.41) is 1.14. The second-order valence-corrected chi connectivity index (χ2v) is 3.25. The van der Waals surface area contributed by atoms with E-state index in [1.54, 1.807) is 0 Å². The molecule has 0 fully saturated rings. The fourth-order valence-electron chi connectivity index (χ4n) is 1.57. The van der Waals surface area contributed by atoms with Crippen LogP contribution in [0.3, 0.4) is 0 Å². The Labute approximate surface area is 83.1 Å². The molecule has 0 aliphatic heterocycles. The zero-order valence-electron chi connectivity index (χ0n) is 8.23. The van der Waals surface area contributed by atoms with Crippen molar-refractivity contribution in [2.24, 2.45) is 12.8 Å². The van der Waals surface area contributed by atoms with Crippen LogP contribution in [0.15, 0.2) is 30.5 Å². The standard InChI is InChI=1S/C11H14N2O/c1-13-7-5-9-10(13)3-2-4-11(9)14-8-6-12/h2-5,7H,6,8,12H2,1H3. The van der Waals surface area contributed by atoms with Gasteiger partial charge in [0.25, 0.3) is 0 Å². The molecule has 0 bridgehead atoms. The van der Waals surface area contributed by atoms with Gasteiger partial charge in [-0.15, -0.1) is 0 Å². The molecule has 0 unspecified atom stereocenters. The first-order valence-electron chi connectivity index (χ1n) is 4.70. The van der Waals surface area contributed by atoms with Gasteiger partial charge in [0.1, 0.15) is 12.4 Å². The van der Waals surface area contributed by atoms with E-state index in [0.717, 1.165) is 11.1 Å². The van der Waals surface area contributed by atoms with E-state index in [1.807, 2.05) is 25.4 Å². The summed E-state index contributed by atoms with van der Waals surface area (Å²) in [6.45, 7) is 1.11. The number of hydrogen-bond donors (Lipinski definition) is 1. The molecule has 1 heterocycles. The first-order chi connectivity index (χ1) is 6.83. The van der Waals surface area contributed by atoms with Gasteiger partial charge >= 0.3 is 0 Å². The van der Waals surface area contributed by atoms with Crippen molar-refractivity contribution in [3.8, 4) is 5.75 Å². The Morgan fingerprint density at radius 3 is 3.00 bits per heavy atom. The van der Waals surface area contributed by atoms with Gasteiger partial charge in [0.2, 0.25) is 0 Å². The molecule has 2 N–H and O–H groups in total. The summed E-state index contributed by atoms with van der Waals surface area (Å²) < 4.78 is 7.62. The molecule has 0 radical (unpaired) electrons. The number of nitrogens with two attached hydrogens (primary N) is 1. The number of aromatic nitrogens is 1. The lowest BCUT2D eigenvalue weighted by Crippen LogP contribution is -2.10. The minimum atomic E-state index is 0.545. The Morgan fingerprint density at radius 2 is 2.21 bits per heavy atom. The lowest BCUT2D eigenvalue weighted by molar-refractivity contribution is 0.332. The monoisotopic (exact) mass is 190 g/mol. The third-order valence-corrected chi connectivity index (χ3v) is 2.26. The predicted molar refractivity (Wildman–Crippen MR) is 57.5 cm³/mol. The highest BCUT2D eigenvalue weighted by Crippen LogP contribution is 2.25. The highest BCUT2D eigenvalue weighted by Gasteiger charge is 2.03. The van der Waals surface area contributed by atoms with Crippen LogP contribution < -0.4 is 10.5 Å². The summed E-state index contributed by atoms with van der Waals surface area (Å²) in [6, 6.07) is 8.10. The molecule has 74 valence electrons. The highest BCUT2D eigenvalue weighted by atomic mass is 16.5. The largest absolute Gasteiger partial charge is 0.492 e. The van der Waals surface area contributed by atoms with Crippen molar-refractivity contribution in [2.45, 2.75) is 0 Å². The molecule has 3 heteroatoms. The first-order valence-corrected chi connectivity index (χ1v) is 4.70. The fraction of sp³-hybridized carbons (Fsp3) is 0.273. The molecule has 1 aromatic carbocycles. The minimum Gasteiger partial charge on any atom is -0.492 e. The Hall–Kier alpha value is -1.48. The number of hydrogen-bond acceptors (Lipinski definition) is 2. The summed E-state index contributed by atoms with van der Waals surface area (Å²) in [4.78, 5) is 0. The van der Waals surface area contributed by atoms with Crippen LogP contribution in [0.5, 0.6) is 5.75 Å². The maximum Gasteiger partial charge on any atom is 0.128 e. The second-order valence-electron chi connectivity index (χ2n) is 3.25. The number of ether oxygens (including phenoxy) is 1. The van der Waals surface area contributed by atoms with Gasteiger partial charge in [0.15, 0.2) is 0 Å². The Morgan fingerprint density at radius 1 is 1.36 bits per heavy atom. The van der Waals surface area contributed by atoms with E-state index in [-0.39, 0.29) is 0 Å². The van der Waals surface area contributed by atoms with Crippen LogP contribution in [0, 0.1) is 0 Å². The van der Waals surface area contributed by atoms with Crippen LogP contribution in [0.1, 0.15) is 0 Å². The summed E-state index contributed by atoms with van der Waals surface area (Å²) in [7, 11) is 2.02. The van der Waals surface area contributed by atoms with E-state index in [4.69, 9.17) is 10.5 Å². The highest BCUT2D eigenvalue weighted by molar-refractivity contribution is 5.86. The van der Waals surface area contributed by atoms with Gasteiger partial charge in [0.05, 0.1) is 5.52 Å². The smallest absolute Gasteiger partial charge is 0.128 e. The number of rotatable bonds is 3. The van der Waals surface area contributed by atoms with E-state index in [1.165, 1.54) is 5.52 Å². The Balaban J connectivity index is 2.44. The molecular formula is C11H14N2O. The molecule has 1 aromatic heterocycles. The molecule has 0 saturated heterocycles. The second kappa shape index (κ2) is 3.72. The van der Waals surface area contributed by atoms with Crippen LogP contribution in [0.4, 0.5) is 0 Å². The van der Waals surface area contributed by atoms with Crippen molar-refractivity contribution >= 4 is 10.9 Å². The third-order valence-electron chi connectivity index (χ3n) is 2.26. The maximum atomic E-state index is 5.54. The van der Waals surface area contributed by atoms with E-state index < -0.39 is 0 Å². The van der Waals surface area contributed by atoms with E-state index >= 15 is 0 Å². The van der Waals surface area contributed by atoms with Crippen molar-refractivity contribution < 1.29 is 4.74 Å². The predicted octanol–water partition coefficient (Wildman–Crippen LogP) is 1.52. The molecule has 0 saturated carbocycles. The number of benzene rings is 1. The Kier molecular flexibility index (Phi) is 2.41. The summed E-state index contributed by atoms with van der Waals surface area (Å²) in [5.74, 6) is 0.911. The van der Waals surface area contributed by atoms with Crippen molar-refractivity contribution in [2.75, 3.05) is 13.2 Å². The maximum absolute atomic E-state index is 5.54. The molecule has 2 aromatic rings. The van der Waals surface area contributed by atoms with Crippen molar-refractivity contribution in [3.63, 3.8) is 0 Å². The fourth-order valence-corrected chi connectivity index (χ4v) is 1.57. The molecule has 0 aliphatic carbocycles. The SMILES string of the molecule is Cn1ccc2c(OCCN)cccc21. The van der Waals surface area contributed by atoms with Crippen LogP contribution >= 0.6 is 0 Å². The van der Waals surface area contributed by atoms with Crippen LogP contribution in [-0.4, -0.2) is 17.7 Å². The van der Waals surface area contributed by atoms with Crippen molar-refractivity contribution in [1.29, 1.82) is 0 Å². The van der Waals surface area contributed by atoms with Gasteiger partial charge in [-0.3, -0.25) is 0 Å². The zero-order chi connectivity index (χ0) is 9.97. The van der Waals surface area contributed by atoms with E-state index in [2.05, 4.69) is 16.7 Å². The average molecular weight is 190 g/mol. The molecule has 3 nitrogen and oxygen atoms in total. The van der Waals surface area contributed by atoms with Crippen molar-refractivity contribution in [1.82, 2.24) is 4.57 Å². The lowest BCUT2D eigenvalue weighted by atomic mass is 10.2.